The number of aliphatic hydroxyl groups is 1. The summed E-state index contributed by atoms with van der Waals surface area (Å²) in [4.78, 5) is 0. The standard InChI is InChI=1S/C14H21N3O/c1-12(2,3)10-8-7-9-11(16-17-15-9)14(10,18)13(4,5)6/h7-8,18H,1-6H3. The Hall–Kier alpha value is -1.29. The van der Waals surface area contributed by atoms with Crippen LogP contribution in [0.1, 0.15) is 41.5 Å². The van der Waals surface area contributed by atoms with Crippen LogP contribution in [0.2, 0.25) is 0 Å². The van der Waals surface area contributed by atoms with Gasteiger partial charge in [-0.15, -0.1) is 10.2 Å². The minimum absolute atomic E-state index is 0.144. The molecule has 0 aromatic carbocycles. The Morgan fingerprint density at radius 2 is 1.67 bits per heavy atom. The Morgan fingerprint density at radius 3 is 2.17 bits per heavy atom. The Balaban J connectivity index is 2.67. The van der Waals surface area contributed by atoms with Crippen molar-refractivity contribution in [3.63, 3.8) is 0 Å². The van der Waals surface area contributed by atoms with Crippen LogP contribution in [-0.4, -0.2) is 16.4 Å². The maximum atomic E-state index is 11.3. The Morgan fingerprint density at radius 1 is 1.06 bits per heavy atom. The summed E-state index contributed by atoms with van der Waals surface area (Å²) in [6.45, 7) is 12.3. The molecule has 1 unspecified atom stereocenters. The molecule has 1 atom stereocenters. The first-order chi connectivity index (χ1) is 8.08. The van der Waals surface area contributed by atoms with Gasteiger partial charge in [-0.25, -0.2) is 0 Å². The monoisotopic (exact) mass is 247 g/mol. The van der Waals surface area contributed by atoms with Crippen molar-refractivity contribution in [2.45, 2.75) is 47.1 Å². The van der Waals surface area contributed by atoms with Crippen LogP contribution in [-0.2, 0) is 0 Å². The van der Waals surface area contributed by atoms with Crippen LogP contribution in [0, 0.1) is 10.8 Å². The lowest BCUT2D eigenvalue weighted by molar-refractivity contribution is 0.0232. The van der Waals surface area contributed by atoms with E-state index in [0.717, 1.165) is 5.57 Å². The molecule has 18 heavy (non-hydrogen) atoms. The van der Waals surface area contributed by atoms with Crippen LogP contribution >= 0.6 is 0 Å². The van der Waals surface area contributed by atoms with E-state index in [-0.39, 0.29) is 10.8 Å². The van der Waals surface area contributed by atoms with Crippen molar-refractivity contribution in [1.29, 1.82) is 0 Å². The van der Waals surface area contributed by atoms with Gasteiger partial charge in [-0.05, 0) is 22.3 Å². The summed E-state index contributed by atoms with van der Waals surface area (Å²) in [6, 6.07) is 0. The van der Waals surface area contributed by atoms with Crippen molar-refractivity contribution in [2.75, 3.05) is 0 Å². The molecule has 1 heterocycles. The molecule has 0 bridgehead atoms. The Bertz CT molecular complexity index is 498. The van der Waals surface area contributed by atoms with Gasteiger partial charge in [-0.2, -0.15) is 0 Å². The highest BCUT2D eigenvalue weighted by Crippen LogP contribution is 2.49. The van der Waals surface area contributed by atoms with E-state index in [1.807, 2.05) is 32.9 Å². The number of hydrogen-bond acceptors (Lipinski definition) is 4. The van der Waals surface area contributed by atoms with Crippen LogP contribution in [0.25, 0.3) is 0 Å². The third-order valence-electron chi connectivity index (χ3n) is 3.57. The topological polar surface area (TPSA) is 57.3 Å². The second kappa shape index (κ2) is 3.60. The van der Waals surface area contributed by atoms with Crippen LogP contribution in [0.3, 0.4) is 0 Å². The van der Waals surface area contributed by atoms with E-state index in [9.17, 15) is 5.11 Å². The minimum Gasteiger partial charge on any atom is -0.378 e. The molecule has 98 valence electrons. The number of hydrogen-bond donors (Lipinski definition) is 1. The molecule has 0 aromatic rings. The largest absolute Gasteiger partial charge is 0.378 e. The molecule has 0 saturated carbocycles. The molecular formula is C14H21N3O. The third-order valence-corrected chi connectivity index (χ3v) is 3.57. The molecule has 1 aliphatic heterocycles. The highest BCUT2D eigenvalue weighted by Gasteiger charge is 2.53. The lowest BCUT2D eigenvalue weighted by atomic mass is 9.61. The van der Waals surface area contributed by atoms with E-state index in [2.05, 4.69) is 36.2 Å². The number of rotatable bonds is 0. The van der Waals surface area contributed by atoms with Crippen molar-refractivity contribution in [1.82, 2.24) is 0 Å². The summed E-state index contributed by atoms with van der Waals surface area (Å²) in [6.07, 6.45) is 3.85. The molecule has 0 aromatic heterocycles. The fourth-order valence-electron chi connectivity index (χ4n) is 2.55. The van der Waals surface area contributed by atoms with Gasteiger partial charge in [0.25, 0.3) is 0 Å². The molecule has 1 aliphatic carbocycles. The molecule has 2 rings (SSSR count). The predicted molar refractivity (Wildman–Crippen MR) is 72.3 cm³/mol. The van der Waals surface area contributed by atoms with E-state index < -0.39 is 5.60 Å². The van der Waals surface area contributed by atoms with Gasteiger partial charge in [0, 0.05) is 5.41 Å². The van der Waals surface area contributed by atoms with Gasteiger partial charge >= 0.3 is 0 Å². The molecular weight excluding hydrogens is 226 g/mol. The van der Waals surface area contributed by atoms with Gasteiger partial charge < -0.3 is 5.11 Å². The number of fused-ring (bicyclic) bond motifs is 1. The third kappa shape index (κ3) is 1.67. The SMILES string of the molecule is CC(C)(C)C1=CC=C2N=NN=C2C1(O)C(C)(C)C. The normalized spacial score (nSPS) is 27.6. The number of nitrogens with zero attached hydrogens (tertiary/aromatic N) is 3. The highest BCUT2D eigenvalue weighted by molar-refractivity contribution is 6.10. The molecule has 0 amide bonds. The van der Waals surface area contributed by atoms with Crippen LogP contribution in [0.4, 0.5) is 0 Å². The Labute approximate surface area is 108 Å². The fourth-order valence-corrected chi connectivity index (χ4v) is 2.55. The average Bonchev–Trinajstić information content (AvgIpc) is 2.62. The van der Waals surface area contributed by atoms with Gasteiger partial charge in [-0.1, -0.05) is 47.6 Å². The van der Waals surface area contributed by atoms with Gasteiger partial charge in [0.1, 0.15) is 17.0 Å². The lowest BCUT2D eigenvalue weighted by Gasteiger charge is -2.47. The molecule has 0 fully saturated rings. The molecule has 4 heteroatoms. The molecule has 2 aliphatic rings. The zero-order chi connectivity index (χ0) is 13.8. The van der Waals surface area contributed by atoms with E-state index in [1.165, 1.54) is 0 Å². The molecule has 4 nitrogen and oxygen atoms in total. The molecule has 0 radical (unpaired) electrons. The van der Waals surface area contributed by atoms with Gasteiger partial charge in [0.05, 0.1) is 0 Å². The van der Waals surface area contributed by atoms with E-state index in [4.69, 9.17) is 0 Å². The zero-order valence-electron chi connectivity index (χ0n) is 11.9. The fraction of sp³-hybridized carbons (Fsp3) is 0.643. The smallest absolute Gasteiger partial charge is 0.137 e. The lowest BCUT2D eigenvalue weighted by Crippen LogP contribution is -2.55. The first-order valence-corrected chi connectivity index (χ1v) is 6.23. The van der Waals surface area contributed by atoms with Crippen LogP contribution in [0.5, 0.6) is 0 Å². The first-order valence-electron chi connectivity index (χ1n) is 6.23. The second-order valence-electron chi connectivity index (χ2n) is 6.98. The zero-order valence-corrected chi connectivity index (χ0v) is 11.9. The van der Waals surface area contributed by atoms with Crippen molar-refractivity contribution in [2.24, 2.45) is 26.3 Å². The summed E-state index contributed by atoms with van der Waals surface area (Å²) in [5.41, 5.74) is 0.550. The van der Waals surface area contributed by atoms with Gasteiger partial charge in [-0.3, -0.25) is 0 Å². The van der Waals surface area contributed by atoms with Crippen molar-refractivity contribution in [3.05, 3.63) is 23.4 Å². The summed E-state index contributed by atoms with van der Waals surface area (Å²) in [5.74, 6) is 0. The predicted octanol–water partition coefficient (Wildman–Crippen LogP) is 3.46. The Kier molecular flexibility index (Phi) is 2.63. The second-order valence-corrected chi connectivity index (χ2v) is 6.98. The quantitative estimate of drug-likeness (QED) is 0.700. The number of allylic oxidation sites excluding steroid dienone is 2. The van der Waals surface area contributed by atoms with E-state index >= 15 is 0 Å². The maximum absolute atomic E-state index is 11.3. The van der Waals surface area contributed by atoms with E-state index in [1.54, 1.807) is 0 Å². The van der Waals surface area contributed by atoms with Gasteiger partial charge in [0.15, 0.2) is 0 Å². The summed E-state index contributed by atoms with van der Waals surface area (Å²) >= 11 is 0. The van der Waals surface area contributed by atoms with Crippen molar-refractivity contribution >= 4 is 5.71 Å². The average molecular weight is 247 g/mol. The van der Waals surface area contributed by atoms with Crippen LogP contribution < -0.4 is 0 Å². The summed E-state index contributed by atoms with van der Waals surface area (Å²) < 4.78 is 0. The van der Waals surface area contributed by atoms with Gasteiger partial charge in [0.2, 0.25) is 0 Å². The summed E-state index contributed by atoms with van der Waals surface area (Å²) in [7, 11) is 0. The van der Waals surface area contributed by atoms with Crippen molar-refractivity contribution in [3.8, 4) is 0 Å². The van der Waals surface area contributed by atoms with Crippen LogP contribution in [0.15, 0.2) is 38.9 Å². The minimum atomic E-state index is -1.13. The first kappa shape index (κ1) is 13.1. The van der Waals surface area contributed by atoms with E-state index in [0.29, 0.717) is 11.4 Å². The summed E-state index contributed by atoms with van der Waals surface area (Å²) in [5, 5.41) is 23.0. The maximum Gasteiger partial charge on any atom is 0.137 e. The molecule has 1 N–H and O–H groups in total. The molecule has 0 spiro atoms. The molecule has 0 saturated heterocycles. The highest BCUT2D eigenvalue weighted by atomic mass is 16.3. The van der Waals surface area contributed by atoms with Crippen molar-refractivity contribution < 1.29 is 5.11 Å².